The van der Waals surface area contributed by atoms with Gasteiger partial charge in [0.05, 0.1) is 11.4 Å². The maximum Gasteiger partial charge on any atom is 0.0772 e. The molecule has 0 heterocycles. The van der Waals surface area contributed by atoms with Crippen LogP contribution >= 0.6 is 31.9 Å². The Hall–Kier alpha value is -1.26. The summed E-state index contributed by atoms with van der Waals surface area (Å²) in [5.74, 6) is 0. The van der Waals surface area contributed by atoms with Crippen LogP contribution in [0.5, 0.6) is 0 Å². The molecule has 0 saturated heterocycles. The van der Waals surface area contributed by atoms with E-state index in [-0.39, 0.29) is 0 Å². The predicted octanol–water partition coefficient (Wildman–Crippen LogP) is 5.32. The van der Waals surface area contributed by atoms with Crippen LogP contribution < -0.4 is 0 Å². The quantitative estimate of drug-likeness (QED) is 0.658. The van der Waals surface area contributed by atoms with E-state index in [0.29, 0.717) is 0 Å². The van der Waals surface area contributed by atoms with E-state index >= 15 is 0 Å². The zero-order chi connectivity index (χ0) is 12.8. The number of hydrogen-bond donors (Lipinski definition) is 0. The molecule has 0 radical (unpaired) electrons. The first-order valence-corrected chi connectivity index (χ1v) is 6.92. The van der Waals surface area contributed by atoms with Gasteiger partial charge in [0, 0.05) is 21.4 Å². The van der Waals surface area contributed by atoms with E-state index in [2.05, 4.69) is 41.8 Å². The second-order valence-electron chi connectivity index (χ2n) is 3.46. The highest BCUT2D eigenvalue weighted by Gasteiger charge is 1.94. The highest BCUT2D eigenvalue weighted by molar-refractivity contribution is 9.11. The Labute approximate surface area is 123 Å². The molecule has 0 aliphatic heterocycles. The van der Waals surface area contributed by atoms with Crippen LogP contribution in [0.4, 0.5) is 11.4 Å². The van der Waals surface area contributed by atoms with E-state index in [4.69, 9.17) is 0 Å². The first-order valence-electron chi connectivity index (χ1n) is 5.33. The zero-order valence-corrected chi connectivity index (χ0v) is 12.6. The smallest absolute Gasteiger partial charge is 0.0772 e. The van der Waals surface area contributed by atoms with E-state index < -0.39 is 0 Å². The van der Waals surface area contributed by atoms with Crippen LogP contribution in [0.25, 0.3) is 0 Å². The highest BCUT2D eigenvalue weighted by Crippen LogP contribution is 2.24. The summed E-state index contributed by atoms with van der Waals surface area (Å²) in [7, 11) is 0. The molecule has 18 heavy (non-hydrogen) atoms. The molecule has 0 atom stereocenters. The maximum atomic E-state index is 4.31. The first-order chi connectivity index (χ1) is 8.77. The molecule has 0 amide bonds. The molecule has 2 rings (SSSR count). The molecular formula is C14H10Br2N2. The fraction of sp³-hybridized carbons (Fsp3) is 0. The number of rotatable bonds is 3. The number of halogens is 2. The Kier molecular flexibility index (Phi) is 4.84. The summed E-state index contributed by atoms with van der Waals surface area (Å²) in [6.45, 7) is 0. The van der Waals surface area contributed by atoms with Crippen LogP contribution in [0.3, 0.4) is 0 Å². The Morgan fingerprint density at radius 3 is 1.44 bits per heavy atom. The fourth-order valence-electron chi connectivity index (χ4n) is 1.34. The van der Waals surface area contributed by atoms with Crippen LogP contribution in [0.15, 0.2) is 67.5 Å². The van der Waals surface area contributed by atoms with Gasteiger partial charge in [-0.3, -0.25) is 9.98 Å². The number of benzene rings is 2. The molecule has 0 spiro atoms. The second kappa shape index (κ2) is 6.61. The molecule has 2 nitrogen and oxygen atoms in total. The van der Waals surface area contributed by atoms with Gasteiger partial charge in [-0.15, -0.1) is 0 Å². The van der Waals surface area contributed by atoms with Gasteiger partial charge in [0.25, 0.3) is 0 Å². The van der Waals surface area contributed by atoms with Gasteiger partial charge in [-0.2, -0.15) is 0 Å². The van der Waals surface area contributed by atoms with Crippen LogP contribution in [0.1, 0.15) is 0 Å². The van der Waals surface area contributed by atoms with E-state index in [9.17, 15) is 0 Å². The maximum absolute atomic E-state index is 4.31. The lowest BCUT2D eigenvalue weighted by molar-refractivity contribution is 1.50. The van der Waals surface area contributed by atoms with Crippen molar-refractivity contribution in [3.63, 3.8) is 0 Å². The summed E-state index contributed by atoms with van der Waals surface area (Å²) in [5.41, 5.74) is 1.77. The van der Waals surface area contributed by atoms with Crippen LogP contribution in [-0.4, -0.2) is 12.4 Å². The number of nitrogens with zero attached hydrogens (tertiary/aromatic N) is 2. The SMILES string of the molecule is Brc1ccccc1N=CC=Nc1ccccc1Br. The largest absolute Gasteiger partial charge is 0.254 e. The molecule has 2 aromatic carbocycles. The summed E-state index contributed by atoms with van der Waals surface area (Å²) in [6, 6.07) is 15.6. The Balaban J connectivity index is 2.08. The summed E-state index contributed by atoms with van der Waals surface area (Å²) < 4.78 is 1.94. The highest BCUT2D eigenvalue weighted by atomic mass is 79.9. The number of hydrogen-bond acceptors (Lipinski definition) is 2. The lowest BCUT2D eigenvalue weighted by atomic mass is 10.3. The molecule has 2 aromatic rings. The predicted molar refractivity (Wildman–Crippen MR) is 84.6 cm³/mol. The van der Waals surface area contributed by atoms with Crippen molar-refractivity contribution in [2.45, 2.75) is 0 Å². The third-order valence-electron chi connectivity index (χ3n) is 2.20. The molecule has 0 saturated carbocycles. The minimum Gasteiger partial charge on any atom is -0.254 e. The molecule has 0 fully saturated rings. The van der Waals surface area contributed by atoms with Gasteiger partial charge in [0.1, 0.15) is 0 Å². The van der Waals surface area contributed by atoms with E-state index in [1.54, 1.807) is 12.4 Å². The molecule has 0 bridgehead atoms. The Bertz CT molecular complexity index is 538. The lowest BCUT2D eigenvalue weighted by Crippen LogP contribution is -1.76. The van der Waals surface area contributed by atoms with E-state index in [0.717, 1.165) is 20.3 Å². The normalized spacial score (nSPS) is 11.4. The third-order valence-corrected chi connectivity index (χ3v) is 3.54. The average Bonchev–Trinajstić information content (AvgIpc) is 2.38. The Morgan fingerprint density at radius 1 is 0.667 bits per heavy atom. The minimum atomic E-state index is 0.885. The average molecular weight is 366 g/mol. The Morgan fingerprint density at radius 2 is 1.06 bits per heavy atom. The standard InChI is InChI=1S/C14H10Br2N2/c15-11-5-1-3-7-13(11)17-9-10-18-14-8-4-2-6-12(14)16/h1-10H. The monoisotopic (exact) mass is 364 g/mol. The van der Waals surface area contributed by atoms with Gasteiger partial charge in [-0.1, -0.05) is 24.3 Å². The fourth-order valence-corrected chi connectivity index (χ4v) is 2.11. The van der Waals surface area contributed by atoms with Crippen LogP contribution in [0, 0.1) is 0 Å². The molecule has 0 aliphatic carbocycles. The van der Waals surface area contributed by atoms with Crippen molar-refractivity contribution < 1.29 is 0 Å². The molecule has 0 N–H and O–H groups in total. The molecule has 0 aliphatic rings. The van der Waals surface area contributed by atoms with Crippen molar-refractivity contribution >= 4 is 55.7 Å². The van der Waals surface area contributed by atoms with Crippen molar-refractivity contribution in [1.29, 1.82) is 0 Å². The third kappa shape index (κ3) is 3.62. The number of para-hydroxylation sites is 2. The second-order valence-corrected chi connectivity index (χ2v) is 5.17. The summed E-state index contributed by atoms with van der Waals surface area (Å²) >= 11 is 6.88. The molecule has 90 valence electrons. The lowest BCUT2D eigenvalue weighted by Gasteiger charge is -1.96. The van der Waals surface area contributed by atoms with E-state index in [1.165, 1.54) is 0 Å². The van der Waals surface area contributed by atoms with Crippen molar-refractivity contribution in [2.24, 2.45) is 9.98 Å². The molecule has 0 aromatic heterocycles. The van der Waals surface area contributed by atoms with Crippen molar-refractivity contribution in [3.05, 3.63) is 57.5 Å². The van der Waals surface area contributed by atoms with Gasteiger partial charge < -0.3 is 0 Å². The summed E-state index contributed by atoms with van der Waals surface area (Å²) in [5, 5.41) is 0. The molecular weight excluding hydrogens is 356 g/mol. The zero-order valence-electron chi connectivity index (χ0n) is 9.42. The van der Waals surface area contributed by atoms with Crippen LogP contribution in [-0.2, 0) is 0 Å². The molecule has 4 heteroatoms. The van der Waals surface area contributed by atoms with Crippen molar-refractivity contribution in [1.82, 2.24) is 0 Å². The van der Waals surface area contributed by atoms with Crippen molar-refractivity contribution in [3.8, 4) is 0 Å². The summed E-state index contributed by atoms with van der Waals surface area (Å²) in [6.07, 6.45) is 3.36. The van der Waals surface area contributed by atoms with E-state index in [1.807, 2.05) is 48.5 Å². The van der Waals surface area contributed by atoms with Crippen LogP contribution in [0.2, 0.25) is 0 Å². The first kappa shape index (κ1) is 13.2. The minimum absolute atomic E-state index is 0.885. The van der Waals surface area contributed by atoms with Gasteiger partial charge in [-0.25, -0.2) is 0 Å². The van der Waals surface area contributed by atoms with Gasteiger partial charge >= 0.3 is 0 Å². The molecule has 0 unspecified atom stereocenters. The van der Waals surface area contributed by atoms with Gasteiger partial charge in [0.15, 0.2) is 0 Å². The van der Waals surface area contributed by atoms with Gasteiger partial charge in [-0.05, 0) is 56.1 Å². The topological polar surface area (TPSA) is 24.7 Å². The number of aliphatic imine (C=N–C) groups is 2. The summed E-state index contributed by atoms with van der Waals surface area (Å²) in [4.78, 5) is 8.63. The van der Waals surface area contributed by atoms with Gasteiger partial charge in [0.2, 0.25) is 0 Å². The van der Waals surface area contributed by atoms with Crippen molar-refractivity contribution in [2.75, 3.05) is 0 Å².